The lowest BCUT2D eigenvalue weighted by atomic mass is 10.0. The third kappa shape index (κ3) is 8.06. The van der Waals surface area contributed by atoms with Gasteiger partial charge in [-0.05, 0) is 108 Å². The fraction of sp³-hybridized carbons (Fsp3) is 0.618. The smallest absolute Gasteiger partial charge is 0.416 e. The lowest BCUT2D eigenvalue weighted by Crippen LogP contribution is -2.40. The maximum absolute atomic E-state index is 12.8. The van der Waals surface area contributed by atoms with Crippen LogP contribution in [-0.2, 0) is 27.1 Å². The molecule has 1 N–H and O–H groups in total. The molecule has 1 saturated carbocycles. The number of likely N-dealkylation sites (tertiary alicyclic amines) is 1. The number of pyridine rings is 1. The van der Waals surface area contributed by atoms with Gasteiger partial charge in [-0.2, -0.15) is 0 Å². The molecule has 3 heterocycles. The molecule has 0 radical (unpaired) electrons. The largest absolute Gasteiger partial charge is 0.491 e. The van der Waals surface area contributed by atoms with Gasteiger partial charge in [-0.25, -0.2) is 9.78 Å². The predicted octanol–water partition coefficient (Wildman–Crippen LogP) is 5.31. The third-order valence-electron chi connectivity index (χ3n) is 8.53. The second-order valence-electron chi connectivity index (χ2n) is 13.5. The number of amides is 1. The number of hydrogen-bond donors (Lipinski definition) is 1. The first-order chi connectivity index (χ1) is 20.5. The molecule has 4 atom stereocenters. The molecule has 2 fully saturated rings. The Morgan fingerprint density at radius 3 is 2.44 bits per heavy atom. The number of ether oxygens (including phenoxy) is 3. The van der Waals surface area contributed by atoms with Crippen molar-refractivity contribution in [2.75, 3.05) is 38.2 Å². The van der Waals surface area contributed by atoms with Gasteiger partial charge in [0.2, 0.25) is 0 Å². The minimum Gasteiger partial charge on any atom is -0.491 e. The molecule has 9 nitrogen and oxygen atoms in total. The summed E-state index contributed by atoms with van der Waals surface area (Å²) in [5, 5.41) is 3.77. The number of fused-ring (bicyclic) bond motifs is 2. The number of carbonyl (C=O) groups is 2. The van der Waals surface area contributed by atoms with E-state index in [2.05, 4.69) is 22.3 Å². The molecule has 1 aromatic carbocycles. The maximum Gasteiger partial charge on any atom is 0.416 e. The number of carbonyl (C=O) groups excluding carboxylic acids is 2. The number of esters is 1. The highest BCUT2D eigenvalue weighted by molar-refractivity contribution is 5.88. The van der Waals surface area contributed by atoms with E-state index in [0.717, 1.165) is 73.7 Å². The summed E-state index contributed by atoms with van der Waals surface area (Å²) in [4.78, 5) is 34.2. The predicted molar refractivity (Wildman–Crippen MR) is 166 cm³/mol. The Morgan fingerprint density at radius 1 is 1.07 bits per heavy atom. The Bertz CT molecular complexity index is 1260. The number of benzene rings is 1. The van der Waals surface area contributed by atoms with Gasteiger partial charge < -0.3 is 24.4 Å². The number of methoxy groups -OCH3 is 1. The Balaban J connectivity index is 1.11. The summed E-state index contributed by atoms with van der Waals surface area (Å²) in [5.74, 6) is 2.59. The lowest BCUT2D eigenvalue weighted by molar-refractivity contribution is -0.141. The van der Waals surface area contributed by atoms with Gasteiger partial charge in [0, 0.05) is 37.4 Å². The van der Waals surface area contributed by atoms with Crippen molar-refractivity contribution >= 4 is 17.9 Å². The van der Waals surface area contributed by atoms with Gasteiger partial charge in [-0.3, -0.25) is 9.69 Å². The summed E-state index contributed by atoms with van der Waals surface area (Å²) in [5.41, 5.74) is 2.68. The summed E-state index contributed by atoms with van der Waals surface area (Å²) in [6, 6.07) is 12.6. The van der Waals surface area contributed by atoms with Crippen molar-refractivity contribution in [1.29, 1.82) is 0 Å². The van der Waals surface area contributed by atoms with Gasteiger partial charge in [0.1, 0.15) is 17.2 Å². The van der Waals surface area contributed by atoms with Crippen LogP contribution in [-0.4, -0.2) is 73.0 Å². The highest BCUT2D eigenvalue weighted by atomic mass is 16.6. The van der Waals surface area contributed by atoms with E-state index in [1.807, 2.05) is 58.9 Å². The number of hydrogen-bond acceptors (Lipinski definition) is 8. The van der Waals surface area contributed by atoms with Gasteiger partial charge >= 0.3 is 12.1 Å². The number of piperidine rings is 1. The number of aryl methyl sites for hydroxylation is 2. The monoisotopic (exact) mass is 592 g/mol. The molecule has 0 bridgehead atoms. The van der Waals surface area contributed by atoms with E-state index in [0.29, 0.717) is 30.8 Å². The van der Waals surface area contributed by atoms with Crippen molar-refractivity contribution in [3.63, 3.8) is 0 Å². The van der Waals surface area contributed by atoms with E-state index in [-0.39, 0.29) is 24.2 Å². The second kappa shape index (κ2) is 13.2. The molecule has 1 aliphatic carbocycles. The van der Waals surface area contributed by atoms with Crippen LogP contribution in [0.5, 0.6) is 5.75 Å². The molecule has 2 aliphatic heterocycles. The van der Waals surface area contributed by atoms with Crippen molar-refractivity contribution < 1.29 is 23.8 Å². The third-order valence-corrected chi connectivity index (χ3v) is 8.53. The van der Waals surface area contributed by atoms with Gasteiger partial charge in [-0.15, -0.1) is 0 Å². The molecule has 2 unspecified atom stereocenters. The van der Waals surface area contributed by atoms with Gasteiger partial charge in [0.05, 0.1) is 19.6 Å². The first kappa shape index (κ1) is 31.3. The second-order valence-corrected chi connectivity index (χ2v) is 13.5. The van der Waals surface area contributed by atoms with Crippen LogP contribution in [0.2, 0.25) is 0 Å². The number of anilines is 1. The van der Waals surface area contributed by atoms with Crippen LogP contribution in [0, 0.1) is 11.8 Å². The van der Waals surface area contributed by atoms with Crippen LogP contribution in [0.25, 0.3) is 0 Å². The summed E-state index contributed by atoms with van der Waals surface area (Å²) in [7, 11) is 1.44. The Morgan fingerprint density at radius 2 is 1.79 bits per heavy atom. The van der Waals surface area contributed by atoms with Crippen LogP contribution < -0.4 is 15.0 Å². The molecular weight excluding hydrogens is 544 g/mol. The first-order valence-electron chi connectivity index (χ1n) is 15.8. The van der Waals surface area contributed by atoms with Gasteiger partial charge in [0.15, 0.2) is 0 Å². The lowest BCUT2D eigenvalue weighted by Gasteiger charge is -2.31. The van der Waals surface area contributed by atoms with Gasteiger partial charge in [-0.1, -0.05) is 18.2 Å². The molecule has 43 heavy (non-hydrogen) atoms. The average Bonchev–Trinajstić information content (AvgIpc) is 3.38. The molecule has 9 heteroatoms. The molecule has 234 valence electrons. The van der Waals surface area contributed by atoms with Crippen molar-refractivity contribution in [3.05, 3.63) is 53.2 Å². The number of nitrogens with zero attached hydrogens (tertiary/aromatic N) is 3. The van der Waals surface area contributed by atoms with Crippen LogP contribution in [0.1, 0.15) is 76.7 Å². The van der Waals surface area contributed by atoms with E-state index in [9.17, 15) is 9.59 Å². The quantitative estimate of drug-likeness (QED) is 0.351. The topological polar surface area (TPSA) is 93.2 Å². The summed E-state index contributed by atoms with van der Waals surface area (Å²) < 4.78 is 16.4. The summed E-state index contributed by atoms with van der Waals surface area (Å²) in [6.07, 6.45) is 3.86. The SMILES string of the molecule is COC(=O)CC(NC1[C@H]2CN(CCCc3ccc4c(n3)N(C(=O)OC(C)(C)C)CCC4)C[C@@H]12)c1ccc(OC(C)C)cc1. The van der Waals surface area contributed by atoms with Crippen LogP contribution in [0.4, 0.5) is 10.6 Å². The van der Waals surface area contributed by atoms with E-state index in [4.69, 9.17) is 19.2 Å². The molecule has 5 rings (SSSR count). The number of aromatic nitrogens is 1. The normalized spacial score (nSPS) is 22.1. The van der Waals surface area contributed by atoms with E-state index in [1.54, 1.807) is 4.90 Å². The molecular formula is C34H48N4O5. The molecule has 1 amide bonds. The minimum absolute atomic E-state index is 0.0834. The van der Waals surface area contributed by atoms with E-state index in [1.165, 1.54) is 7.11 Å². The van der Waals surface area contributed by atoms with Crippen molar-refractivity contribution in [2.24, 2.45) is 11.8 Å². The maximum atomic E-state index is 12.8. The van der Waals surface area contributed by atoms with Crippen LogP contribution in [0.3, 0.4) is 0 Å². The summed E-state index contributed by atoms with van der Waals surface area (Å²) in [6.45, 7) is 13.5. The number of rotatable bonds is 11. The fourth-order valence-electron chi connectivity index (χ4n) is 6.45. The fourth-order valence-corrected chi connectivity index (χ4v) is 6.45. The zero-order valence-corrected chi connectivity index (χ0v) is 26.6. The minimum atomic E-state index is -0.534. The van der Waals surface area contributed by atoms with Crippen molar-refractivity contribution in [3.8, 4) is 5.75 Å². The highest BCUT2D eigenvalue weighted by Gasteiger charge is 2.55. The van der Waals surface area contributed by atoms with Crippen LogP contribution >= 0.6 is 0 Å². The van der Waals surface area contributed by atoms with E-state index < -0.39 is 5.60 Å². The molecule has 3 aliphatic rings. The standard InChI is InChI=1S/C34H48N4O5/c1-22(2)42-26-15-12-23(13-16-26)29(19-30(39)41-6)36-31-27-20-37(21-28(27)31)17-8-10-25-14-11-24-9-7-18-38(32(24)35-25)33(40)43-34(3,4)5/h11-16,22,27-29,31,36H,7-10,17-21H2,1-6H3/t27-,28+,29?,31?. The van der Waals surface area contributed by atoms with Crippen LogP contribution in [0.15, 0.2) is 36.4 Å². The molecule has 0 spiro atoms. The summed E-state index contributed by atoms with van der Waals surface area (Å²) >= 11 is 0. The zero-order valence-electron chi connectivity index (χ0n) is 26.6. The van der Waals surface area contributed by atoms with Gasteiger partial charge in [0.25, 0.3) is 0 Å². The van der Waals surface area contributed by atoms with E-state index >= 15 is 0 Å². The Hall–Kier alpha value is -3.17. The highest BCUT2D eigenvalue weighted by Crippen LogP contribution is 2.47. The Labute approximate surface area is 256 Å². The molecule has 1 aromatic heterocycles. The molecule has 1 saturated heterocycles. The first-order valence-corrected chi connectivity index (χ1v) is 15.8. The average molecular weight is 593 g/mol. The van der Waals surface area contributed by atoms with Crippen molar-refractivity contribution in [2.45, 2.75) is 90.5 Å². The molecule has 2 aromatic rings. The number of nitrogens with one attached hydrogen (secondary N) is 1. The zero-order chi connectivity index (χ0) is 30.7. The van der Waals surface area contributed by atoms with Crippen molar-refractivity contribution in [1.82, 2.24) is 15.2 Å². The Kier molecular flexibility index (Phi) is 9.61.